The van der Waals surface area contributed by atoms with E-state index in [0.717, 1.165) is 5.95 Å². The number of nitrogens with zero attached hydrogens (tertiary/aromatic N) is 3. The second kappa shape index (κ2) is 4.17. The van der Waals surface area contributed by atoms with Gasteiger partial charge in [-0.3, -0.25) is 19.2 Å². The second-order valence-electron chi connectivity index (χ2n) is 4.26. The third-order valence-corrected chi connectivity index (χ3v) is 2.79. The molecule has 0 saturated heterocycles. The highest BCUT2D eigenvalue weighted by Gasteiger charge is 2.23. The van der Waals surface area contributed by atoms with Gasteiger partial charge in [0.15, 0.2) is 0 Å². The van der Waals surface area contributed by atoms with Gasteiger partial charge in [-0.25, -0.2) is 14.3 Å². The Morgan fingerprint density at radius 1 is 1.39 bits per heavy atom. The number of allylic oxidation sites excluding steroid dienone is 1. The van der Waals surface area contributed by atoms with Gasteiger partial charge in [0.25, 0.3) is 5.56 Å². The van der Waals surface area contributed by atoms with Gasteiger partial charge in [-0.15, -0.1) is 0 Å². The Labute approximate surface area is 103 Å². The lowest BCUT2D eigenvalue weighted by atomic mass is 10.5. The molecule has 0 atom stereocenters. The van der Waals surface area contributed by atoms with Gasteiger partial charge in [-0.1, -0.05) is 12.7 Å². The molecule has 0 bridgehead atoms. The molecular formula is C11H16N5O2+. The summed E-state index contributed by atoms with van der Waals surface area (Å²) in [6.45, 7) is 4.16. The van der Waals surface area contributed by atoms with E-state index in [1.165, 1.54) is 4.57 Å². The molecule has 0 aliphatic carbocycles. The molecule has 2 aromatic heterocycles. The summed E-state index contributed by atoms with van der Waals surface area (Å²) >= 11 is 0. The van der Waals surface area contributed by atoms with Gasteiger partial charge in [-0.05, 0) is 0 Å². The second-order valence-corrected chi connectivity index (χ2v) is 4.26. The van der Waals surface area contributed by atoms with Crippen molar-refractivity contribution in [1.29, 1.82) is 0 Å². The van der Waals surface area contributed by atoms with Gasteiger partial charge >= 0.3 is 11.6 Å². The third-order valence-electron chi connectivity index (χ3n) is 2.79. The fraction of sp³-hybridized carbons (Fsp3) is 0.364. The van der Waals surface area contributed by atoms with E-state index in [9.17, 15) is 9.59 Å². The van der Waals surface area contributed by atoms with Crippen molar-refractivity contribution in [2.45, 2.75) is 6.54 Å². The first kappa shape index (κ1) is 12.2. The average molecular weight is 250 g/mol. The molecule has 7 nitrogen and oxygen atoms in total. The van der Waals surface area contributed by atoms with Crippen LogP contribution in [0.5, 0.6) is 0 Å². The summed E-state index contributed by atoms with van der Waals surface area (Å²) < 4.78 is 3.16. The molecule has 0 aliphatic heterocycles. The van der Waals surface area contributed by atoms with E-state index in [2.05, 4.69) is 16.5 Å². The van der Waals surface area contributed by atoms with Gasteiger partial charge < -0.3 is 0 Å². The van der Waals surface area contributed by atoms with Gasteiger partial charge in [0.1, 0.15) is 0 Å². The van der Waals surface area contributed by atoms with Crippen LogP contribution in [0.2, 0.25) is 0 Å². The van der Waals surface area contributed by atoms with E-state index >= 15 is 0 Å². The van der Waals surface area contributed by atoms with Crippen LogP contribution in [0.15, 0.2) is 22.2 Å². The molecule has 96 valence electrons. The number of aromatic nitrogens is 4. The number of hydrogen-bond acceptors (Lipinski definition) is 3. The van der Waals surface area contributed by atoms with E-state index < -0.39 is 11.2 Å². The molecule has 2 heterocycles. The summed E-state index contributed by atoms with van der Waals surface area (Å²) in [6.07, 6.45) is 1.70. The maximum Gasteiger partial charge on any atom is 0.359 e. The molecule has 0 aromatic carbocycles. The molecule has 0 radical (unpaired) electrons. The zero-order valence-electron chi connectivity index (χ0n) is 10.6. The quantitative estimate of drug-likeness (QED) is 0.547. The number of imidazole rings is 1. The Morgan fingerprint density at radius 3 is 2.61 bits per heavy atom. The molecule has 2 rings (SSSR count). The minimum atomic E-state index is -0.440. The molecule has 2 aromatic rings. The van der Waals surface area contributed by atoms with Crippen LogP contribution in [0.1, 0.15) is 0 Å². The van der Waals surface area contributed by atoms with Crippen LogP contribution in [-0.2, 0) is 13.6 Å². The van der Waals surface area contributed by atoms with Crippen molar-refractivity contribution < 1.29 is 4.57 Å². The van der Waals surface area contributed by atoms with Crippen molar-refractivity contribution in [3.05, 3.63) is 33.5 Å². The van der Waals surface area contributed by atoms with Crippen LogP contribution in [0, 0.1) is 0 Å². The van der Waals surface area contributed by atoms with Crippen LogP contribution in [-0.4, -0.2) is 28.6 Å². The van der Waals surface area contributed by atoms with Gasteiger partial charge in [-0.2, -0.15) is 0 Å². The number of rotatable bonds is 3. The standard InChI is InChI=1S/C11H15N5O2/c1-5-6-16-7-8(12-10(16)14(2)3)15(4)11(18)13-9(7)17/h5H,1,6H2,2-4H3,(H,13,17,18)/p+1. The first-order valence-corrected chi connectivity index (χ1v) is 5.50. The van der Waals surface area contributed by atoms with Gasteiger partial charge in [0.2, 0.25) is 11.2 Å². The minimum Gasteiger partial charge on any atom is -0.271 e. The zero-order chi connectivity index (χ0) is 13.4. The molecule has 7 heteroatoms. The SMILES string of the molecule is C=CC[n+]1c(N(C)C)[nH]c2c1c(=O)[nH]c(=O)n2C. The highest BCUT2D eigenvalue weighted by Crippen LogP contribution is 2.08. The Hall–Kier alpha value is -2.31. The summed E-state index contributed by atoms with van der Waals surface area (Å²) in [5, 5.41) is 0. The number of nitrogens with one attached hydrogen (secondary N) is 2. The van der Waals surface area contributed by atoms with Crippen molar-refractivity contribution in [3.63, 3.8) is 0 Å². The summed E-state index contributed by atoms with van der Waals surface area (Å²) in [6, 6.07) is 0. The molecule has 0 aliphatic rings. The number of anilines is 1. The van der Waals surface area contributed by atoms with Gasteiger partial charge in [0.05, 0.1) is 20.6 Å². The lowest BCUT2D eigenvalue weighted by Gasteiger charge is -2.04. The predicted molar refractivity (Wildman–Crippen MR) is 68.9 cm³/mol. The lowest BCUT2D eigenvalue weighted by Crippen LogP contribution is -2.42. The summed E-state index contributed by atoms with van der Waals surface area (Å²) in [5.74, 6) is 0.733. The molecule has 0 fully saturated rings. The smallest absolute Gasteiger partial charge is 0.271 e. The maximum absolute atomic E-state index is 11.9. The fourth-order valence-corrected chi connectivity index (χ4v) is 1.94. The zero-order valence-corrected chi connectivity index (χ0v) is 10.6. The van der Waals surface area contributed by atoms with E-state index in [-0.39, 0.29) is 0 Å². The van der Waals surface area contributed by atoms with Crippen LogP contribution < -0.4 is 20.7 Å². The van der Waals surface area contributed by atoms with Crippen molar-refractivity contribution in [2.24, 2.45) is 7.05 Å². The highest BCUT2D eigenvalue weighted by atomic mass is 16.2. The normalized spacial score (nSPS) is 10.8. The van der Waals surface area contributed by atoms with Crippen LogP contribution in [0.4, 0.5) is 5.95 Å². The average Bonchev–Trinajstić information content (AvgIpc) is 2.67. The fourth-order valence-electron chi connectivity index (χ4n) is 1.94. The molecule has 0 spiro atoms. The van der Waals surface area contributed by atoms with E-state index in [1.54, 1.807) is 17.7 Å². The molecular weight excluding hydrogens is 234 g/mol. The first-order chi connectivity index (χ1) is 8.47. The molecule has 18 heavy (non-hydrogen) atoms. The molecule has 0 unspecified atom stereocenters. The van der Waals surface area contributed by atoms with Crippen LogP contribution in [0.25, 0.3) is 11.2 Å². The Morgan fingerprint density at radius 2 is 2.06 bits per heavy atom. The third kappa shape index (κ3) is 1.64. The van der Waals surface area contributed by atoms with E-state index in [0.29, 0.717) is 17.7 Å². The van der Waals surface area contributed by atoms with E-state index in [1.807, 2.05) is 19.0 Å². The monoisotopic (exact) mass is 250 g/mol. The van der Waals surface area contributed by atoms with Crippen LogP contribution >= 0.6 is 0 Å². The number of fused-ring (bicyclic) bond motifs is 1. The highest BCUT2D eigenvalue weighted by molar-refractivity contribution is 5.67. The number of H-pyrrole nitrogens is 2. The summed E-state index contributed by atoms with van der Waals surface area (Å²) in [4.78, 5) is 30.7. The number of aryl methyl sites for hydroxylation is 1. The topological polar surface area (TPSA) is 77.8 Å². The minimum absolute atomic E-state index is 0.403. The molecule has 0 amide bonds. The lowest BCUT2D eigenvalue weighted by molar-refractivity contribution is -0.648. The van der Waals surface area contributed by atoms with Crippen LogP contribution in [0.3, 0.4) is 0 Å². The summed E-state index contributed by atoms with van der Waals surface area (Å²) in [5.41, 5.74) is 0.0825. The van der Waals surface area contributed by atoms with Crippen molar-refractivity contribution in [1.82, 2.24) is 14.5 Å². The number of hydrogen-bond donors (Lipinski definition) is 2. The Bertz CT molecular complexity index is 719. The molecule has 2 N–H and O–H groups in total. The van der Waals surface area contributed by atoms with Gasteiger partial charge in [0, 0.05) is 7.05 Å². The Kier molecular flexibility index (Phi) is 2.82. The summed E-state index contributed by atoms with van der Waals surface area (Å²) in [7, 11) is 5.32. The van der Waals surface area contributed by atoms with Crippen molar-refractivity contribution in [3.8, 4) is 0 Å². The maximum atomic E-state index is 11.9. The Balaban J connectivity index is 2.98. The first-order valence-electron chi connectivity index (χ1n) is 5.50. The predicted octanol–water partition coefficient (Wildman–Crippen LogP) is -0.906. The van der Waals surface area contributed by atoms with Crippen molar-refractivity contribution >= 4 is 17.1 Å². The molecule has 0 saturated carbocycles. The number of aromatic amines is 2. The van der Waals surface area contributed by atoms with Crippen molar-refractivity contribution in [2.75, 3.05) is 19.0 Å². The largest absolute Gasteiger partial charge is 0.359 e. The van der Waals surface area contributed by atoms with E-state index in [4.69, 9.17) is 0 Å².